The van der Waals surface area contributed by atoms with Gasteiger partial charge in [0.1, 0.15) is 11.9 Å². The largest absolute Gasteiger partial charge is 0.351 e. The van der Waals surface area contributed by atoms with Crippen molar-refractivity contribution >= 4 is 23.0 Å². The van der Waals surface area contributed by atoms with Crippen molar-refractivity contribution in [2.75, 3.05) is 4.90 Å². The second-order valence-electron chi connectivity index (χ2n) is 8.50. The maximum atomic E-state index is 14.8. The molecular weight excluding hydrogens is 431 g/mol. The molecule has 1 fully saturated rings. The number of rotatable bonds is 5. The fourth-order valence-electron chi connectivity index (χ4n) is 4.45. The van der Waals surface area contributed by atoms with Crippen molar-refractivity contribution in [3.63, 3.8) is 0 Å². The van der Waals surface area contributed by atoms with Gasteiger partial charge in [0.25, 0.3) is 0 Å². The lowest BCUT2D eigenvalue weighted by Crippen LogP contribution is -2.30. The number of halogens is 1. The van der Waals surface area contributed by atoms with E-state index in [-0.39, 0.29) is 17.9 Å². The van der Waals surface area contributed by atoms with Gasteiger partial charge in [-0.05, 0) is 72.2 Å². The van der Waals surface area contributed by atoms with Gasteiger partial charge in [0.2, 0.25) is 0 Å². The summed E-state index contributed by atoms with van der Waals surface area (Å²) in [6.07, 6.45) is 3.68. The van der Waals surface area contributed by atoms with E-state index in [1.54, 1.807) is 18.3 Å². The Morgan fingerprint density at radius 2 is 1.70 bits per heavy atom. The number of para-hydroxylation sites is 1. The fourth-order valence-corrected chi connectivity index (χ4v) is 4.80. The molecule has 2 unspecified atom stereocenters. The van der Waals surface area contributed by atoms with Gasteiger partial charge in [0.05, 0.1) is 17.4 Å². The minimum Gasteiger partial charge on any atom is -0.351 e. The van der Waals surface area contributed by atoms with Crippen LogP contribution in [-0.4, -0.2) is 14.7 Å². The molecule has 33 heavy (non-hydrogen) atoms. The summed E-state index contributed by atoms with van der Waals surface area (Å²) in [6, 6.07) is 24.7. The van der Waals surface area contributed by atoms with E-state index >= 15 is 0 Å². The van der Waals surface area contributed by atoms with Crippen LogP contribution in [-0.2, 0) is 0 Å². The minimum absolute atomic E-state index is 0.191. The zero-order valence-corrected chi connectivity index (χ0v) is 19.3. The molecule has 1 aliphatic heterocycles. The number of hydrogen-bond acceptors (Lipinski definition) is 2. The molecule has 0 aliphatic carbocycles. The number of aromatic nitrogens is 2. The number of pyridine rings is 1. The summed E-state index contributed by atoms with van der Waals surface area (Å²) in [5.41, 5.74) is 4.57. The minimum atomic E-state index is -0.272. The predicted molar refractivity (Wildman–Crippen MR) is 134 cm³/mol. The molecule has 0 spiro atoms. The van der Waals surface area contributed by atoms with Gasteiger partial charge in [-0.2, -0.15) is 0 Å². The second-order valence-corrected chi connectivity index (χ2v) is 8.88. The van der Waals surface area contributed by atoms with Crippen LogP contribution in [0.4, 0.5) is 10.1 Å². The first kappa shape index (κ1) is 21.3. The first-order valence-corrected chi connectivity index (χ1v) is 11.5. The third-order valence-corrected chi connectivity index (χ3v) is 6.45. The number of benzene rings is 2. The maximum Gasteiger partial charge on any atom is 0.174 e. The van der Waals surface area contributed by atoms with Crippen LogP contribution >= 0.6 is 12.2 Å². The molecule has 5 rings (SSSR count). The summed E-state index contributed by atoms with van der Waals surface area (Å²) in [7, 11) is 0. The Balaban J connectivity index is 1.65. The standard InChI is InChI=1S/C27H25FN4S/c1-18(2)19-12-14-20(15-13-19)32-26(25(30-27(32)33)22-9-5-6-16-29-22)24-11-7-17-31(24)23-10-4-3-8-21(23)28/h3-18,25-26H,1-2H3,(H,30,33). The van der Waals surface area contributed by atoms with Crippen LogP contribution in [0.3, 0.4) is 0 Å². The molecule has 0 saturated carbocycles. The number of hydrogen-bond donors (Lipinski definition) is 1. The van der Waals surface area contributed by atoms with Gasteiger partial charge >= 0.3 is 0 Å². The van der Waals surface area contributed by atoms with E-state index in [0.29, 0.717) is 16.7 Å². The Labute approximate surface area is 198 Å². The van der Waals surface area contributed by atoms with Crippen LogP contribution in [0.15, 0.2) is 91.3 Å². The van der Waals surface area contributed by atoms with Crippen molar-refractivity contribution in [3.05, 3.63) is 114 Å². The Kier molecular flexibility index (Phi) is 5.68. The van der Waals surface area contributed by atoms with Gasteiger partial charge < -0.3 is 14.8 Å². The molecule has 1 N–H and O–H groups in total. The Bertz CT molecular complexity index is 1270. The van der Waals surface area contributed by atoms with Crippen LogP contribution in [0.5, 0.6) is 0 Å². The highest BCUT2D eigenvalue weighted by atomic mass is 32.1. The van der Waals surface area contributed by atoms with E-state index in [4.69, 9.17) is 12.2 Å². The van der Waals surface area contributed by atoms with Crippen molar-refractivity contribution in [3.8, 4) is 5.69 Å². The quantitative estimate of drug-likeness (QED) is 0.357. The molecular formula is C27H25FN4S. The molecule has 1 saturated heterocycles. The molecule has 0 amide bonds. The first-order valence-electron chi connectivity index (χ1n) is 11.1. The second kappa shape index (κ2) is 8.79. The molecule has 0 radical (unpaired) electrons. The maximum absolute atomic E-state index is 14.8. The molecule has 0 bridgehead atoms. The zero-order chi connectivity index (χ0) is 22.9. The third-order valence-electron chi connectivity index (χ3n) is 6.13. The average Bonchev–Trinajstić information content (AvgIpc) is 3.44. The number of anilines is 1. The highest BCUT2D eigenvalue weighted by molar-refractivity contribution is 7.80. The Hall–Kier alpha value is -3.51. The van der Waals surface area contributed by atoms with E-state index in [0.717, 1.165) is 17.1 Å². The van der Waals surface area contributed by atoms with Crippen molar-refractivity contribution in [2.24, 2.45) is 0 Å². The highest BCUT2D eigenvalue weighted by Gasteiger charge is 2.42. The first-order chi connectivity index (χ1) is 16.0. The third kappa shape index (κ3) is 3.91. The summed E-state index contributed by atoms with van der Waals surface area (Å²) in [6.45, 7) is 4.36. The van der Waals surface area contributed by atoms with Gasteiger partial charge in [-0.15, -0.1) is 0 Å². The SMILES string of the molecule is CC(C)c1ccc(N2C(=S)NC(c3ccccn3)C2c2cccn2-c2ccccc2F)cc1. The molecule has 6 heteroatoms. The summed E-state index contributed by atoms with van der Waals surface area (Å²) >= 11 is 5.82. The topological polar surface area (TPSA) is 33.1 Å². The highest BCUT2D eigenvalue weighted by Crippen LogP contribution is 2.42. The molecule has 2 aromatic carbocycles. The lowest BCUT2D eigenvalue weighted by molar-refractivity contribution is 0.544. The smallest absolute Gasteiger partial charge is 0.174 e. The summed E-state index contributed by atoms with van der Waals surface area (Å²) < 4.78 is 16.7. The van der Waals surface area contributed by atoms with Gasteiger partial charge in [0, 0.05) is 23.8 Å². The van der Waals surface area contributed by atoms with E-state index in [1.807, 2.05) is 47.2 Å². The van der Waals surface area contributed by atoms with Crippen LogP contribution in [0.25, 0.3) is 5.69 Å². The van der Waals surface area contributed by atoms with Crippen molar-refractivity contribution in [1.82, 2.24) is 14.9 Å². The van der Waals surface area contributed by atoms with Crippen LogP contribution in [0.1, 0.15) is 48.8 Å². The fraction of sp³-hybridized carbons (Fsp3) is 0.185. The average molecular weight is 457 g/mol. The van der Waals surface area contributed by atoms with E-state index in [2.05, 4.69) is 53.3 Å². The van der Waals surface area contributed by atoms with E-state index < -0.39 is 0 Å². The predicted octanol–water partition coefficient (Wildman–Crippen LogP) is 6.31. The number of nitrogens with one attached hydrogen (secondary N) is 1. The molecule has 166 valence electrons. The Morgan fingerprint density at radius 1 is 0.939 bits per heavy atom. The van der Waals surface area contributed by atoms with Gasteiger partial charge in [0.15, 0.2) is 5.11 Å². The van der Waals surface area contributed by atoms with Gasteiger partial charge in [-0.1, -0.05) is 44.2 Å². The van der Waals surface area contributed by atoms with Gasteiger partial charge in [-0.3, -0.25) is 4.98 Å². The lowest BCUT2D eigenvalue weighted by Gasteiger charge is -2.29. The van der Waals surface area contributed by atoms with Crippen LogP contribution in [0.2, 0.25) is 0 Å². The van der Waals surface area contributed by atoms with Crippen molar-refractivity contribution < 1.29 is 4.39 Å². The molecule has 4 nitrogen and oxygen atoms in total. The van der Waals surface area contributed by atoms with Gasteiger partial charge in [-0.25, -0.2) is 4.39 Å². The number of thiocarbonyl (C=S) groups is 1. The van der Waals surface area contributed by atoms with E-state index in [9.17, 15) is 4.39 Å². The van der Waals surface area contributed by atoms with Crippen molar-refractivity contribution in [2.45, 2.75) is 31.8 Å². The van der Waals surface area contributed by atoms with Crippen LogP contribution < -0.4 is 10.2 Å². The molecule has 2 aromatic heterocycles. The lowest BCUT2D eigenvalue weighted by atomic mass is 9.99. The molecule has 2 atom stereocenters. The monoisotopic (exact) mass is 456 g/mol. The molecule has 3 heterocycles. The molecule has 1 aliphatic rings. The zero-order valence-electron chi connectivity index (χ0n) is 18.5. The normalized spacial score (nSPS) is 18.1. The summed E-state index contributed by atoms with van der Waals surface area (Å²) in [5, 5.41) is 4.10. The molecule has 4 aromatic rings. The van der Waals surface area contributed by atoms with E-state index in [1.165, 1.54) is 11.6 Å². The van der Waals surface area contributed by atoms with Crippen LogP contribution in [0, 0.1) is 5.82 Å². The van der Waals surface area contributed by atoms with Crippen molar-refractivity contribution in [1.29, 1.82) is 0 Å². The summed E-state index contributed by atoms with van der Waals surface area (Å²) in [4.78, 5) is 6.73. The summed E-state index contributed by atoms with van der Waals surface area (Å²) in [5.74, 6) is 0.170. The Morgan fingerprint density at radius 3 is 2.39 bits per heavy atom. The number of nitrogens with zero attached hydrogens (tertiary/aromatic N) is 3.